The van der Waals surface area contributed by atoms with Crippen molar-refractivity contribution in [1.29, 1.82) is 5.26 Å². The topological polar surface area (TPSA) is 41.1 Å². The van der Waals surface area contributed by atoms with Crippen LogP contribution in [0.4, 0.5) is 19.0 Å². The van der Waals surface area contributed by atoms with Crippen LogP contribution in [0.3, 0.4) is 0 Å². The molecule has 4 rings (SSSR count). The second-order valence-corrected chi connectivity index (χ2v) is 8.15. The molecule has 3 nitrogen and oxygen atoms in total. The van der Waals surface area contributed by atoms with Gasteiger partial charge in [-0.15, -0.1) is 0 Å². The third-order valence-electron chi connectivity index (χ3n) is 5.74. The molecule has 0 N–H and O–H groups in total. The first-order valence-electron chi connectivity index (χ1n) is 11.4. The van der Waals surface area contributed by atoms with E-state index in [0.717, 1.165) is 47.4 Å². The molecule has 0 aliphatic carbocycles. The summed E-state index contributed by atoms with van der Waals surface area (Å²) in [6, 6.07) is 26.8. The van der Waals surface area contributed by atoms with E-state index in [1.807, 2.05) is 65.2 Å². The Morgan fingerprint density at radius 3 is 2.17 bits per heavy atom. The Balaban J connectivity index is 1.96. The molecule has 0 saturated heterocycles. The van der Waals surface area contributed by atoms with E-state index in [1.165, 1.54) is 12.3 Å². The van der Waals surface area contributed by atoms with Crippen molar-refractivity contribution in [3.05, 3.63) is 102 Å². The maximum absolute atomic E-state index is 13.2. The summed E-state index contributed by atoms with van der Waals surface area (Å²) in [6.45, 7) is 2.71. The first-order valence-corrected chi connectivity index (χ1v) is 11.4. The molecular formula is C29H24F3N3. The Bertz CT molecular complexity index is 1360. The summed E-state index contributed by atoms with van der Waals surface area (Å²) in [5.41, 5.74) is 3.44. The summed E-state index contributed by atoms with van der Waals surface area (Å²) < 4.78 is 41.6. The molecule has 6 heteroatoms. The smallest absolute Gasteiger partial charge is 0.324 e. The zero-order valence-electron chi connectivity index (χ0n) is 19.3. The minimum absolute atomic E-state index is 0.314. The zero-order chi connectivity index (χ0) is 24.8. The molecule has 0 amide bonds. The number of benzene rings is 3. The Morgan fingerprint density at radius 1 is 0.914 bits per heavy atom. The number of rotatable bonds is 7. The van der Waals surface area contributed by atoms with Crippen LogP contribution in [-0.4, -0.2) is 10.8 Å². The quantitative estimate of drug-likeness (QED) is 0.250. The highest BCUT2D eigenvalue weighted by Crippen LogP contribution is 2.43. The predicted molar refractivity (Wildman–Crippen MR) is 134 cm³/mol. The van der Waals surface area contributed by atoms with E-state index >= 15 is 0 Å². The number of aromatic nitrogens is 1. The van der Waals surface area contributed by atoms with Crippen molar-refractivity contribution in [2.24, 2.45) is 4.99 Å². The highest BCUT2D eigenvalue weighted by atomic mass is 19.4. The van der Waals surface area contributed by atoms with Crippen molar-refractivity contribution < 1.29 is 13.2 Å². The molecule has 1 heterocycles. The molecule has 3 aromatic carbocycles. The summed E-state index contributed by atoms with van der Waals surface area (Å²) >= 11 is 0. The lowest BCUT2D eigenvalue weighted by molar-refractivity contribution is -0.137. The van der Waals surface area contributed by atoms with Crippen LogP contribution >= 0.6 is 0 Å². The van der Waals surface area contributed by atoms with Gasteiger partial charge in [0.2, 0.25) is 0 Å². The van der Waals surface area contributed by atoms with Gasteiger partial charge in [-0.25, -0.2) is 4.99 Å². The molecule has 0 atom stereocenters. The van der Waals surface area contributed by atoms with Gasteiger partial charge in [-0.1, -0.05) is 86.1 Å². The number of aliphatic imine (C=N–C) groups is 1. The molecule has 1 aromatic heterocycles. The standard InChI is InChI=1S/C29H24F3N3/c1-2-3-17-35-27(23-14-8-5-9-15-23)26(22-12-6-4-7-13-22)25(19-33)28(35)34-20-21-11-10-16-24(18-21)29(30,31)32/h4-16,18,20H,2-3,17H2,1H3/b34-20+. The SMILES string of the molecule is CCCCn1c(/N=C/c2cccc(C(F)(F)F)c2)c(C#N)c(-c2ccccc2)c1-c1ccccc1. The van der Waals surface area contributed by atoms with E-state index in [1.54, 1.807) is 6.07 Å². The van der Waals surface area contributed by atoms with Crippen LogP contribution in [0.5, 0.6) is 0 Å². The molecular weight excluding hydrogens is 447 g/mol. The van der Waals surface area contributed by atoms with Crippen LogP contribution in [0.1, 0.15) is 36.5 Å². The molecule has 0 spiro atoms. The summed E-state index contributed by atoms with van der Waals surface area (Å²) in [5, 5.41) is 10.2. The number of hydrogen-bond donors (Lipinski definition) is 0. The monoisotopic (exact) mass is 471 g/mol. The third-order valence-corrected chi connectivity index (χ3v) is 5.74. The van der Waals surface area contributed by atoms with Gasteiger partial charge in [-0.3, -0.25) is 0 Å². The van der Waals surface area contributed by atoms with Crippen LogP contribution in [0.2, 0.25) is 0 Å². The number of nitriles is 1. The van der Waals surface area contributed by atoms with Crippen LogP contribution in [0.25, 0.3) is 22.4 Å². The average Bonchev–Trinajstić information content (AvgIpc) is 3.20. The van der Waals surface area contributed by atoms with Gasteiger partial charge in [0.15, 0.2) is 5.82 Å². The first kappa shape index (κ1) is 24.0. The molecule has 0 fully saturated rings. The highest BCUT2D eigenvalue weighted by molar-refractivity contribution is 5.92. The Kier molecular flexibility index (Phi) is 7.17. The second-order valence-electron chi connectivity index (χ2n) is 8.15. The summed E-state index contributed by atoms with van der Waals surface area (Å²) in [7, 11) is 0. The van der Waals surface area contributed by atoms with Gasteiger partial charge in [0.1, 0.15) is 11.6 Å². The van der Waals surface area contributed by atoms with E-state index in [0.29, 0.717) is 23.5 Å². The van der Waals surface area contributed by atoms with Crippen LogP contribution in [0.15, 0.2) is 89.9 Å². The Morgan fingerprint density at radius 2 is 1.57 bits per heavy atom. The average molecular weight is 472 g/mol. The van der Waals surface area contributed by atoms with Crippen molar-refractivity contribution in [3.8, 4) is 28.5 Å². The van der Waals surface area contributed by atoms with Gasteiger partial charge in [-0.2, -0.15) is 18.4 Å². The van der Waals surface area contributed by atoms with Crippen molar-refractivity contribution in [3.63, 3.8) is 0 Å². The minimum Gasteiger partial charge on any atom is -0.324 e. The van der Waals surface area contributed by atoms with Crippen molar-refractivity contribution >= 4 is 12.0 Å². The predicted octanol–water partition coefficient (Wildman–Crippen LogP) is 8.26. The molecule has 176 valence electrons. The van der Waals surface area contributed by atoms with Crippen molar-refractivity contribution in [2.75, 3.05) is 0 Å². The molecule has 0 aliphatic heterocycles. The molecule has 0 aliphatic rings. The number of alkyl halides is 3. The maximum Gasteiger partial charge on any atom is 0.416 e. The van der Waals surface area contributed by atoms with Gasteiger partial charge >= 0.3 is 6.18 Å². The highest BCUT2D eigenvalue weighted by Gasteiger charge is 2.30. The molecule has 0 bridgehead atoms. The first-order chi connectivity index (χ1) is 16.9. The van der Waals surface area contributed by atoms with Crippen LogP contribution in [-0.2, 0) is 12.7 Å². The van der Waals surface area contributed by atoms with Crippen LogP contribution in [0, 0.1) is 11.3 Å². The zero-order valence-corrected chi connectivity index (χ0v) is 19.3. The normalized spacial score (nSPS) is 11.6. The van der Waals surface area contributed by atoms with E-state index in [9.17, 15) is 18.4 Å². The number of unbranched alkanes of at least 4 members (excludes halogenated alkanes) is 1. The van der Waals surface area contributed by atoms with Crippen molar-refractivity contribution in [1.82, 2.24) is 4.57 Å². The fourth-order valence-electron chi connectivity index (χ4n) is 4.09. The van der Waals surface area contributed by atoms with Crippen LogP contribution < -0.4 is 0 Å². The fourth-order valence-corrected chi connectivity index (χ4v) is 4.09. The van der Waals surface area contributed by atoms with Gasteiger partial charge < -0.3 is 4.57 Å². The largest absolute Gasteiger partial charge is 0.416 e. The second kappa shape index (κ2) is 10.4. The van der Waals surface area contributed by atoms with E-state index in [2.05, 4.69) is 18.0 Å². The molecule has 0 saturated carbocycles. The van der Waals surface area contributed by atoms with Gasteiger partial charge in [0.05, 0.1) is 11.3 Å². The van der Waals surface area contributed by atoms with Gasteiger partial charge in [-0.05, 0) is 35.2 Å². The van der Waals surface area contributed by atoms with E-state index < -0.39 is 11.7 Å². The summed E-state index contributed by atoms with van der Waals surface area (Å²) in [4.78, 5) is 4.60. The third kappa shape index (κ3) is 5.20. The van der Waals surface area contributed by atoms with Gasteiger partial charge in [0.25, 0.3) is 0 Å². The van der Waals surface area contributed by atoms with Gasteiger partial charge in [0, 0.05) is 18.3 Å². The fraction of sp³-hybridized carbons (Fsp3) is 0.172. The Hall–Kier alpha value is -4.11. The molecule has 4 aromatic rings. The molecule has 35 heavy (non-hydrogen) atoms. The lowest BCUT2D eigenvalue weighted by Crippen LogP contribution is -2.05. The number of nitrogens with zero attached hydrogens (tertiary/aromatic N) is 3. The van der Waals surface area contributed by atoms with E-state index in [-0.39, 0.29) is 0 Å². The van der Waals surface area contributed by atoms with E-state index in [4.69, 9.17) is 0 Å². The summed E-state index contributed by atoms with van der Waals surface area (Å²) in [5.74, 6) is 0.441. The molecule has 0 radical (unpaired) electrons. The minimum atomic E-state index is -4.44. The lowest BCUT2D eigenvalue weighted by atomic mass is 9.98. The Labute approximate surface area is 202 Å². The maximum atomic E-state index is 13.2. The van der Waals surface area contributed by atoms with Crippen molar-refractivity contribution in [2.45, 2.75) is 32.5 Å². The number of halogens is 3. The number of hydrogen-bond acceptors (Lipinski definition) is 2. The summed E-state index contributed by atoms with van der Waals surface area (Å²) in [6.07, 6.45) is -1.24. The molecule has 0 unspecified atom stereocenters. The lowest BCUT2D eigenvalue weighted by Gasteiger charge is -2.13.